The topological polar surface area (TPSA) is 105 Å². The third-order valence-corrected chi connectivity index (χ3v) is 6.56. The van der Waals surface area contributed by atoms with E-state index in [2.05, 4.69) is 34.9 Å². The predicted octanol–water partition coefficient (Wildman–Crippen LogP) is 4.06. The quantitative estimate of drug-likeness (QED) is 0.506. The normalized spacial score (nSPS) is 16.3. The molecule has 33 heavy (non-hydrogen) atoms. The van der Waals surface area contributed by atoms with E-state index in [0.717, 1.165) is 24.0 Å². The second kappa shape index (κ2) is 9.65. The molecule has 7 nitrogen and oxygen atoms in total. The van der Waals surface area contributed by atoms with Crippen molar-refractivity contribution in [3.63, 3.8) is 0 Å². The lowest BCUT2D eigenvalue weighted by Gasteiger charge is -2.19. The lowest BCUT2D eigenvalue weighted by molar-refractivity contribution is -0.137. The molecule has 0 heterocycles. The fourth-order valence-corrected chi connectivity index (χ4v) is 4.48. The number of fused-ring (bicyclic) bond motifs is 3. The number of benzene rings is 2. The van der Waals surface area contributed by atoms with Gasteiger partial charge >= 0.3 is 12.1 Å². The second-order valence-electron chi connectivity index (χ2n) is 9.25. The molecule has 7 heteroatoms. The number of nitrogens with one attached hydrogen (secondary N) is 2. The maximum absolute atomic E-state index is 12.6. The van der Waals surface area contributed by atoms with Crippen LogP contribution in [0.2, 0.25) is 0 Å². The lowest BCUT2D eigenvalue weighted by Crippen LogP contribution is -2.42. The van der Waals surface area contributed by atoms with Crippen molar-refractivity contribution in [1.29, 1.82) is 0 Å². The molecular weight excluding hydrogens is 420 g/mol. The second-order valence-corrected chi connectivity index (χ2v) is 9.25. The smallest absolute Gasteiger partial charge is 0.407 e. The van der Waals surface area contributed by atoms with Gasteiger partial charge in [0.2, 0.25) is 5.91 Å². The third kappa shape index (κ3) is 5.53. The van der Waals surface area contributed by atoms with Crippen molar-refractivity contribution in [3.05, 3.63) is 59.7 Å². The molecule has 0 bridgehead atoms. The van der Waals surface area contributed by atoms with Gasteiger partial charge in [-0.05, 0) is 47.4 Å². The molecule has 1 atom stereocenters. The first-order valence-electron chi connectivity index (χ1n) is 11.5. The molecule has 3 N–H and O–H groups in total. The highest BCUT2D eigenvalue weighted by Crippen LogP contribution is 2.44. The maximum atomic E-state index is 12.6. The molecule has 0 radical (unpaired) electrons. The van der Waals surface area contributed by atoms with Gasteiger partial charge in [0, 0.05) is 25.3 Å². The van der Waals surface area contributed by atoms with Gasteiger partial charge in [0.15, 0.2) is 0 Å². The summed E-state index contributed by atoms with van der Waals surface area (Å²) in [5.74, 6) is -0.907. The zero-order valence-electron chi connectivity index (χ0n) is 18.8. The van der Waals surface area contributed by atoms with Crippen molar-refractivity contribution in [2.24, 2.45) is 5.92 Å². The number of ether oxygens (including phenoxy) is 1. The molecule has 0 spiro atoms. The Bertz CT molecular complexity index is 1000. The molecule has 0 saturated heterocycles. The number of amides is 2. The van der Waals surface area contributed by atoms with Crippen LogP contribution in [-0.4, -0.2) is 41.8 Å². The Labute approximate surface area is 193 Å². The number of carbonyl (C=O) groups excluding carboxylic acids is 2. The fraction of sp³-hybridized carbons (Fsp3) is 0.423. The van der Waals surface area contributed by atoms with Gasteiger partial charge in [-0.1, -0.05) is 55.5 Å². The Morgan fingerprint density at radius 2 is 1.67 bits per heavy atom. The van der Waals surface area contributed by atoms with Crippen LogP contribution in [0, 0.1) is 5.92 Å². The van der Waals surface area contributed by atoms with Crippen LogP contribution in [0.3, 0.4) is 0 Å². The van der Waals surface area contributed by atoms with Crippen LogP contribution in [-0.2, 0) is 14.3 Å². The molecule has 174 valence electrons. The molecule has 2 aliphatic rings. The Morgan fingerprint density at radius 1 is 1.06 bits per heavy atom. The van der Waals surface area contributed by atoms with E-state index in [9.17, 15) is 14.4 Å². The molecule has 2 aliphatic carbocycles. The van der Waals surface area contributed by atoms with Crippen LogP contribution < -0.4 is 10.6 Å². The average molecular weight is 451 g/mol. The molecule has 2 aromatic carbocycles. The summed E-state index contributed by atoms with van der Waals surface area (Å²) in [7, 11) is 0. The standard InChI is InChI=1S/C26H30N2O5/c1-17(10-11-24(30)31)15-27-23(29)14-26(12-13-26)28-25(32)33-16-22-20-8-4-2-6-18(20)19-7-3-5-9-21(19)22/h2-9,17,22H,10-16H2,1H3,(H,27,29)(H,28,32)(H,30,31). The van der Waals surface area contributed by atoms with Gasteiger partial charge in [-0.2, -0.15) is 0 Å². The van der Waals surface area contributed by atoms with Crippen molar-refractivity contribution in [2.45, 2.75) is 50.5 Å². The van der Waals surface area contributed by atoms with E-state index in [1.54, 1.807) is 0 Å². The summed E-state index contributed by atoms with van der Waals surface area (Å²) in [4.78, 5) is 35.6. The summed E-state index contributed by atoms with van der Waals surface area (Å²) in [6.45, 7) is 2.57. The van der Waals surface area contributed by atoms with Crippen LogP contribution in [0.25, 0.3) is 11.1 Å². The number of aliphatic carboxylic acids is 1. The Kier molecular flexibility index (Phi) is 6.67. The zero-order chi connectivity index (χ0) is 23.4. The van der Waals surface area contributed by atoms with Gasteiger partial charge in [0.05, 0.1) is 5.54 Å². The third-order valence-electron chi connectivity index (χ3n) is 6.56. The van der Waals surface area contributed by atoms with Crippen LogP contribution in [0.15, 0.2) is 48.5 Å². The summed E-state index contributed by atoms with van der Waals surface area (Å²) >= 11 is 0. The number of alkyl carbamates (subject to hydrolysis) is 1. The van der Waals surface area contributed by atoms with E-state index >= 15 is 0 Å². The first-order valence-corrected chi connectivity index (χ1v) is 11.5. The molecule has 1 fully saturated rings. The van der Waals surface area contributed by atoms with Crippen molar-refractivity contribution in [1.82, 2.24) is 10.6 Å². The Morgan fingerprint density at radius 3 is 2.24 bits per heavy atom. The predicted molar refractivity (Wildman–Crippen MR) is 124 cm³/mol. The number of carboxylic acids is 1. The van der Waals surface area contributed by atoms with E-state index in [-0.39, 0.29) is 37.2 Å². The number of hydrogen-bond acceptors (Lipinski definition) is 4. The molecule has 2 amide bonds. The van der Waals surface area contributed by atoms with Gasteiger partial charge in [-0.3, -0.25) is 9.59 Å². The maximum Gasteiger partial charge on any atom is 0.407 e. The molecule has 4 rings (SSSR count). The van der Waals surface area contributed by atoms with E-state index in [1.807, 2.05) is 31.2 Å². The zero-order valence-corrected chi connectivity index (χ0v) is 18.8. The monoisotopic (exact) mass is 450 g/mol. The minimum atomic E-state index is -0.836. The largest absolute Gasteiger partial charge is 0.481 e. The minimum Gasteiger partial charge on any atom is -0.481 e. The van der Waals surface area contributed by atoms with Gasteiger partial charge in [-0.15, -0.1) is 0 Å². The lowest BCUT2D eigenvalue weighted by atomic mass is 9.98. The van der Waals surface area contributed by atoms with Crippen molar-refractivity contribution < 1.29 is 24.2 Å². The molecule has 0 aliphatic heterocycles. The van der Waals surface area contributed by atoms with Crippen LogP contribution in [0.5, 0.6) is 0 Å². The number of hydrogen-bond donors (Lipinski definition) is 3. The van der Waals surface area contributed by atoms with E-state index in [4.69, 9.17) is 9.84 Å². The van der Waals surface area contributed by atoms with Crippen LogP contribution in [0.1, 0.15) is 56.1 Å². The minimum absolute atomic E-state index is 0.00566. The summed E-state index contributed by atoms with van der Waals surface area (Å²) in [6, 6.07) is 16.4. The Hall–Kier alpha value is -3.35. The highest BCUT2D eigenvalue weighted by Gasteiger charge is 2.46. The summed E-state index contributed by atoms with van der Waals surface area (Å²) in [5, 5.41) is 14.5. The molecule has 1 saturated carbocycles. The van der Waals surface area contributed by atoms with Gasteiger partial charge in [-0.25, -0.2) is 4.79 Å². The molecule has 2 aromatic rings. The average Bonchev–Trinajstić information content (AvgIpc) is 3.46. The molecular formula is C26H30N2O5. The van der Waals surface area contributed by atoms with Crippen molar-refractivity contribution >= 4 is 18.0 Å². The number of rotatable bonds is 10. The Balaban J connectivity index is 1.26. The highest BCUT2D eigenvalue weighted by atomic mass is 16.5. The van der Waals surface area contributed by atoms with Crippen molar-refractivity contribution in [2.75, 3.05) is 13.2 Å². The fourth-order valence-electron chi connectivity index (χ4n) is 4.48. The van der Waals surface area contributed by atoms with E-state index < -0.39 is 17.6 Å². The molecule has 0 aromatic heterocycles. The van der Waals surface area contributed by atoms with Gasteiger partial charge in [0.1, 0.15) is 6.61 Å². The summed E-state index contributed by atoms with van der Waals surface area (Å²) in [5.41, 5.74) is 4.12. The first kappa shape index (κ1) is 22.8. The first-order chi connectivity index (χ1) is 15.9. The van der Waals surface area contributed by atoms with Gasteiger partial charge < -0.3 is 20.5 Å². The summed E-state index contributed by atoms with van der Waals surface area (Å²) in [6.07, 6.45) is 1.77. The van der Waals surface area contributed by atoms with Crippen LogP contribution in [0.4, 0.5) is 4.79 Å². The van der Waals surface area contributed by atoms with E-state index in [1.165, 1.54) is 11.1 Å². The molecule has 1 unspecified atom stereocenters. The highest BCUT2D eigenvalue weighted by molar-refractivity contribution is 5.80. The van der Waals surface area contributed by atoms with Crippen LogP contribution >= 0.6 is 0 Å². The number of carboxylic acid groups (broad SMARTS) is 1. The van der Waals surface area contributed by atoms with Gasteiger partial charge in [0.25, 0.3) is 0 Å². The number of carbonyl (C=O) groups is 3. The van der Waals surface area contributed by atoms with Crippen molar-refractivity contribution in [3.8, 4) is 11.1 Å². The SMILES string of the molecule is CC(CCC(=O)O)CNC(=O)CC1(NC(=O)OCC2c3ccccc3-c3ccccc32)CC1. The van der Waals surface area contributed by atoms with E-state index in [0.29, 0.717) is 13.0 Å². The summed E-state index contributed by atoms with van der Waals surface area (Å²) < 4.78 is 5.61.